The molecule has 1 aromatic carbocycles. The van der Waals surface area contributed by atoms with Crippen LogP contribution in [0.25, 0.3) is 0 Å². The van der Waals surface area contributed by atoms with Gasteiger partial charge in [-0.2, -0.15) is 5.26 Å². The van der Waals surface area contributed by atoms with Crippen molar-refractivity contribution in [2.45, 2.75) is 31.2 Å². The molecule has 114 valence electrons. The lowest BCUT2D eigenvalue weighted by molar-refractivity contribution is -0.137. The van der Waals surface area contributed by atoms with Crippen molar-refractivity contribution in [3.05, 3.63) is 29.6 Å². The van der Waals surface area contributed by atoms with E-state index < -0.39 is 44.7 Å². The van der Waals surface area contributed by atoms with Crippen molar-refractivity contribution in [3.63, 3.8) is 0 Å². The van der Waals surface area contributed by atoms with Gasteiger partial charge in [0.15, 0.2) is 0 Å². The summed E-state index contributed by atoms with van der Waals surface area (Å²) in [5.41, 5.74) is -0.595. The molecule has 0 aromatic heterocycles. The molecule has 0 saturated carbocycles. The maximum Gasteiger partial charge on any atom is 0.304 e. The van der Waals surface area contributed by atoms with Gasteiger partial charge in [-0.05, 0) is 18.1 Å². The van der Waals surface area contributed by atoms with E-state index >= 15 is 0 Å². The Morgan fingerprint density at radius 2 is 2.10 bits per heavy atom. The number of aliphatic carboxylic acids is 1. The second-order valence-corrected chi connectivity index (χ2v) is 6.48. The lowest BCUT2D eigenvalue weighted by atomic mass is 10.0. The topological polar surface area (TPSA) is 107 Å². The molecular formula is C13H15FN2O4S. The van der Waals surface area contributed by atoms with Crippen LogP contribution in [0.4, 0.5) is 4.39 Å². The van der Waals surface area contributed by atoms with Crippen molar-refractivity contribution in [3.8, 4) is 6.07 Å². The second-order valence-electron chi connectivity index (χ2n) is 4.79. The van der Waals surface area contributed by atoms with Crippen LogP contribution >= 0.6 is 0 Å². The third-order valence-electron chi connectivity index (χ3n) is 2.88. The highest BCUT2D eigenvalue weighted by Crippen LogP contribution is 2.19. The summed E-state index contributed by atoms with van der Waals surface area (Å²) in [6.07, 6.45) is -0.409. The first kappa shape index (κ1) is 17.1. The van der Waals surface area contributed by atoms with Gasteiger partial charge in [0.05, 0.1) is 6.42 Å². The smallest absolute Gasteiger partial charge is 0.304 e. The third-order valence-corrected chi connectivity index (χ3v) is 4.41. The van der Waals surface area contributed by atoms with E-state index in [1.807, 2.05) is 0 Å². The molecule has 0 fully saturated rings. The second kappa shape index (κ2) is 6.65. The minimum absolute atomic E-state index is 0.282. The molecule has 0 spiro atoms. The van der Waals surface area contributed by atoms with E-state index in [1.54, 1.807) is 13.8 Å². The van der Waals surface area contributed by atoms with Gasteiger partial charge < -0.3 is 5.11 Å². The van der Waals surface area contributed by atoms with Gasteiger partial charge in [-0.3, -0.25) is 4.79 Å². The lowest BCUT2D eigenvalue weighted by Gasteiger charge is -2.20. The van der Waals surface area contributed by atoms with Crippen molar-refractivity contribution in [2.75, 3.05) is 0 Å². The number of carboxylic acids is 1. The zero-order chi connectivity index (χ0) is 16.2. The maximum atomic E-state index is 13.5. The van der Waals surface area contributed by atoms with E-state index in [1.165, 1.54) is 12.1 Å². The summed E-state index contributed by atoms with van der Waals surface area (Å²) < 4.78 is 40.2. The molecule has 2 N–H and O–H groups in total. The van der Waals surface area contributed by atoms with Gasteiger partial charge in [0, 0.05) is 6.04 Å². The number of halogens is 1. The van der Waals surface area contributed by atoms with E-state index in [0.717, 1.165) is 12.1 Å². The number of nitrogens with zero attached hydrogens (tertiary/aromatic N) is 1. The van der Waals surface area contributed by atoms with Crippen LogP contribution in [0, 0.1) is 23.1 Å². The maximum absolute atomic E-state index is 13.5. The van der Waals surface area contributed by atoms with E-state index in [9.17, 15) is 17.6 Å². The predicted molar refractivity (Wildman–Crippen MR) is 72.3 cm³/mol. The first-order valence-electron chi connectivity index (χ1n) is 6.11. The highest BCUT2D eigenvalue weighted by molar-refractivity contribution is 7.89. The predicted octanol–water partition coefficient (Wildman–Crippen LogP) is 1.47. The number of benzene rings is 1. The number of nitriles is 1. The first-order valence-corrected chi connectivity index (χ1v) is 7.60. The van der Waals surface area contributed by atoms with Crippen LogP contribution in [0.2, 0.25) is 0 Å². The first-order chi connectivity index (χ1) is 9.69. The van der Waals surface area contributed by atoms with Gasteiger partial charge in [0.1, 0.15) is 22.3 Å². The Bertz CT molecular complexity index is 680. The van der Waals surface area contributed by atoms with Crippen molar-refractivity contribution in [1.29, 1.82) is 5.26 Å². The Kier molecular flexibility index (Phi) is 5.41. The SMILES string of the molecule is CC(C)C(CC(=O)O)NS(=O)(=O)c1cccc(F)c1C#N. The number of nitrogens with one attached hydrogen (secondary N) is 1. The van der Waals surface area contributed by atoms with Gasteiger partial charge in [-0.25, -0.2) is 17.5 Å². The Hall–Kier alpha value is -1.98. The van der Waals surface area contributed by atoms with E-state index in [-0.39, 0.29) is 5.92 Å². The van der Waals surface area contributed by atoms with E-state index in [4.69, 9.17) is 10.4 Å². The fourth-order valence-electron chi connectivity index (χ4n) is 1.70. The Morgan fingerprint density at radius 3 is 2.57 bits per heavy atom. The van der Waals surface area contributed by atoms with Crippen LogP contribution in [0.5, 0.6) is 0 Å². The Labute approximate surface area is 122 Å². The summed E-state index contributed by atoms with van der Waals surface area (Å²) in [5, 5.41) is 17.7. The zero-order valence-corrected chi connectivity index (χ0v) is 12.3. The lowest BCUT2D eigenvalue weighted by Crippen LogP contribution is -2.40. The summed E-state index contributed by atoms with van der Waals surface area (Å²) in [7, 11) is -4.19. The summed E-state index contributed by atoms with van der Waals surface area (Å²) in [6.45, 7) is 3.32. The van der Waals surface area contributed by atoms with Crippen LogP contribution < -0.4 is 4.72 Å². The highest BCUT2D eigenvalue weighted by Gasteiger charge is 2.27. The molecule has 6 nitrogen and oxygen atoms in total. The van der Waals surface area contributed by atoms with Gasteiger partial charge in [-0.1, -0.05) is 19.9 Å². The molecule has 21 heavy (non-hydrogen) atoms. The van der Waals surface area contributed by atoms with Gasteiger partial charge in [-0.15, -0.1) is 0 Å². The quantitative estimate of drug-likeness (QED) is 0.827. The van der Waals surface area contributed by atoms with Crippen LogP contribution in [-0.2, 0) is 14.8 Å². The number of hydrogen-bond acceptors (Lipinski definition) is 4. The summed E-state index contributed by atoms with van der Waals surface area (Å²) in [4.78, 5) is 10.3. The summed E-state index contributed by atoms with van der Waals surface area (Å²) >= 11 is 0. The fraction of sp³-hybridized carbons (Fsp3) is 0.385. The fourth-order valence-corrected chi connectivity index (χ4v) is 3.25. The largest absolute Gasteiger partial charge is 0.481 e. The Balaban J connectivity index is 3.20. The molecule has 1 aromatic rings. The molecule has 1 unspecified atom stereocenters. The normalized spacial score (nSPS) is 12.9. The average Bonchev–Trinajstić information content (AvgIpc) is 2.36. The van der Waals surface area contributed by atoms with Crippen molar-refractivity contribution < 1.29 is 22.7 Å². The molecule has 0 aliphatic rings. The van der Waals surface area contributed by atoms with E-state index in [0.29, 0.717) is 0 Å². The minimum Gasteiger partial charge on any atom is -0.481 e. The van der Waals surface area contributed by atoms with Gasteiger partial charge in [0.25, 0.3) is 0 Å². The highest BCUT2D eigenvalue weighted by atomic mass is 32.2. The number of rotatable bonds is 6. The number of carbonyl (C=O) groups is 1. The average molecular weight is 314 g/mol. The molecule has 1 atom stereocenters. The number of sulfonamides is 1. The monoisotopic (exact) mass is 314 g/mol. The number of hydrogen-bond donors (Lipinski definition) is 2. The van der Waals surface area contributed by atoms with Crippen LogP contribution in [0.1, 0.15) is 25.8 Å². The van der Waals surface area contributed by atoms with Gasteiger partial charge >= 0.3 is 5.97 Å². The zero-order valence-electron chi connectivity index (χ0n) is 11.5. The molecule has 0 heterocycles. The standard InChI is InChI=1S/C13H15FN2O4S/c1-8(2)11(6-13(17)18)16-21(19,20)12-5-3-4-10(14)9(12)7-15/h3-5,8,11,16H,6H2,1-2H3,(H,17,18). The molecule has 8 heteroatoms. The molecule has 0 radical (unpaired) electrons. The molecule has 0 saturated heterocycles. The molecule has 0 aliphatic heterocycles. The molecule has 0 bridgehead atoms. The molecule has 0 amide bonds. The van der Waals surface area contributed by atoms with Gasteiger partial charge in [0.2, 0.25) is 10.0 Å². The van der Waals surface area contributed by atoms with E-state index in [2.05, 4.69) is 4.72 Å². The summed E-state index contributed by atoms with van der Waals surface area (Å²) in [6, 6.07) is 3.90. The minimum atomic E-state index is -4.19. The molecule has 1 rings (SSSR count). The van der Waals surface area contributed by atoms with Crippen LogP contribution in [0.3, 0.4) is 0 Å². The van der Waals surface area contributed by atoms with Crippen molar-refractivity contribution >= 4 is 16.0 Å². The third kappa shape index (κ3) is 4.24. The van der Waals surface area contributed by atoms with Crippen molar-refractivity contribution in [1.82, 2.24) is 4.72 Å². The number of carboxylic acid groups (broad SMARTS) is 1. The molecule has 0 aliphatic carbocycles. The van der Waals surface area contributed by atoms with Crippen LogP contribution in [0.15, 0.2) is 23.1 Å². The van der Waals surface area contributed by atoms with Crippen molar-refractivity contribution in [2.24, 2.45) is 5.92 Å². The van der Waals surface area contributed by atoms with Crippen LogP contribution in [-0.4, -0.2) is 25.5 Å². The summed E-state index contributed by atoms with van der Waals surface area (Å²) in [5.74, 6) is -2.38. The Morgan fingerprint density at radius 1 is 1.48 bits per heavy atom. The molecular weight excluding hydrogens is 299 g/mol.